The summed E-state index contributed by atoms with van der Waals surface area (Å²) in [4.78, 5) is 29.9. The van der Waals surface area contributed by atoms with E-state index in [-0.39, 0.29) is 42.6 Å². The lowest BCUT2D eigenvalue weighted by Crippen LogP contribution is -2.48. The van der Waals surface area contributed by atoms with Gasteiger partial charge >= 0.3 is 5.97 Å². The number of ether oxygens (including phenoxy) is 1. The average Bonchev–Trinajstić information content (AvgIpc) is 3.18. The molecule has 0 N–H and O–H groups in total. The van der Waals surface area contributed by atoms with Gasteiger partial charge in [-0.05, 0) is 84.9 Å². The summed E-state index contributed by atoms with van der Waals surface area (Å²) in [5, 5.41) is -0.0196. The predicted molar refractivity (Wildman–Crippen MR) is 206 cm³/mol. The van der Waals surface area contributed by atoms with Gasteiger partial charge in [0, 0.05) is 51.5 Å². The fraction of sp³-hybridized carbons (Fsp3) is 0.158. The number of amides is 1. The van der Waals surface area contributed by atoms with Crippen molar-refractivity contribution in [3.63, 3.8) is 0 Å². The van der Waals surface area contributed by atoms with E-state index in [1.54, 1.807) is 89.8 Å². The zero-order valence-electron chi connectivity index (χ0n) is 28.6. The van der Waals surface area contributed by atoms with Crippen LogP contribution in [0.15, 0.2) is 131 Å². The summed E-state index contributed by atoms with van der Waals surface area (Å²) in [6.45, 7) is 1.76. The van der Waals surface area contributed by atoms with Gasteiger partial charge < -0.3 is 14.5 Å². The lowest BCUT2D eigenvalue weighted by molar-refractivity contribution is 0.0731. The molecule has 274 valence electrons. The normalized spacial score (nSPS) is 13.4. The molecule has 5 aromatic rings. The number of benzene rings is 5. The maximum Gasteiger partial charge on any atom is 0.343 e. The number of hydrogen-bond donors (Lipinski definition) is 0. The molecule has 0 unspecified atom stereocenters. The standard InChI is InChI=1S/C38H34Cl2N4O7S2/c1-41(29-9-5-3-6-10-29)52(47,48)35-25-27(13-19-33(35)39)37(45)44-23-21-43(22-24-44)31-15-17-32(18-16-31)51-38(46)28-14-20-34(40)36(26-28)53(49,50)42(2)30-11-7-4-8-12-30/h3-20,25-26H,21-24H2,1-2H3. The van der Waals surface area contributed by atoms with Gasteiger partial charge in [-0.3, -0.25) is 13.4 Å². The van der Waals surface area contributed by atoms with E-state index in [0.29, 0.717) is 37.6 Å². The Bertz CT molecular complexity index is 2360. The van der Waals surface area contributed by atoms with Crippen molar-refractivity contribution in [3.8, 4) is 5.75 Å². The third-order valence-corrected chi connectivity index (χ3v) is 13.4. The highest BCUT2D eigenvalue weighted by Crippen LogP contribution is 2.31. The second-order valence-electron chi connectivity index (χ2n) is 12.1. The number of carbonyl (C=O) groups is 2. The van der Waals surface area contributed by atoms with Crippen LogP contribution in [0.4, 0.5) is 17.1 Å². The fourth-order valence-electron chi connectivity index (χ4n) is 5.75. The minimum absolute atomic E-state index is 0.00734. The van der Waals surface area contributed by atoms with E-state index in [2.05, 4.69) is 4.90 Å². The van der Waals surface area contributed by atoms with Gasteiger partial charge in [0.25, 0.3) is 26.0 Å². The Labute approximate surface area is 318 Å². The minimum Gasteiger partial charge on any atom is -0.423 e. The number of anilines is 3. The number of rotatable bonds is 10. The molecular weight excluding hydrogens is 759 g/mol. The number of sulfonamides is 2. The van der Waals surface area contributed by atoms with Crippen molar-refractivity contribution in [3.05, 3.63) is 142 Å². The Kier molecular flexibility index (Phi) is 11.0. The second kappa shape index (κ2) is 15.5. The van der Waals surface area contributed by atoms with E-state index in [4.69, 9.17) is 27.9 Å². The van der Waals surface area contributed by atoms with Crippen molar-refractivity contribution < 1.29 is 31.2 Å². The Morgan fingerprint density at radius 1 is 0.604 bits per heavy atom. The highest BCUT2D eigenvalue weighted by atomic mass is 35.5. The maximum absolute atomic E-state index is 13.5. The number of nitrogens with zero attached hydrogens (tertiary/aromatic N) is 4. The van der Waals surface area contributed by atoms with Crippen LogP contribution < -0.4 is 18.2 Å². The lowest BCUT2D eigenvalue weighted by Gasteiger charge is -2.36. The number of halogens is 2. The minimum atomic E-state index is -4.09. The first-order chi connectivity index (χ1) is 25.3. The largest absolute Gasteiger partial charge is 0.423 e. The predicted octanol–water partition coefficient (Wildman–Crippen LogP) is 6.83. The highest BCUT2D eigenvalue weighted by Gasteiger charge is 2.29. The van der Waals surface area contributed by atoms with Crippen LogP contribution in [0.3, 0.4) is 0 Å². The summed E-state index contributed by atoms with van der Waals surface area (Å²) in [6, 6.07) is 32.1. The van der Waals surface area contributed by atoms with E-state index < -0.39 is 26.0 Å². The monoisotopic (exact) mass is 792 g/mol. The second-order valence-corrected chi connectivity index (χ2v) is 16.8. The third kappa shape index (κ3) is 7.98. The van der Waals surface area contributed by atoms with Crippen molar-refractivity contribution in [1.82, 2.24) is 4.90 Å². The van der Waals surface area contributed by atoms with E-state index in [1.165, 1.54) is 50.5 Å². The van der Waals surface area contributed by atoms with Gasteiger partial charge in [-0.1, -0.05) is 59.6 Å². The van der Waals surface area contributed by atoms with Crippen LogP contribution in [0, 0.1) is 0 Å². The van der Waals surface area contributed by atoms with E-state index in [1.807, 2.05) is 0 Å². The van der Waals surface area contributed by atoms with Gasteiger partial charge in [-0.25, -0.2) is 21.6 Å². The molecule has 0 radical (unpaired) electrons. The lowest BCUT2D eigenvalue weighted by atomic mass is 10.1. The molecule has 0 aromatic heterocycles. The molecule has 0 spiro atoms. The first-order valence-electron chi connectivity index (χ1n) is 16.3. The fourth-order valence-corrected chi connectivity index (χ4v) is 9.14. The molecule has 0 atom stereocenters. The van der Waals surface area contributed by atoms with Crippen LogP contribution in [0.1, 0.15) is 20.7 Å². The van der Waals surface area contributed by atoms with Gasteiger partial charge in [-0.15, -0.1) is 0 Å². The van der Waals surface area contributed by atoms with Crippen LogP contribution in [-0.2, 0) is 20.0 Å². The summed E-state index contributed by atoms with van der Waals surface area (Å²) in [5.41, 5.74) is 1.94. The van der Waals surface area contributed by atoms with Crippen LogP contribution in [0.5, 0.6) is 5.75 Å². The Morgan fingerprint density at radius 2 is 1.06 bits per heavy atom. The van der Waals surface area contributed by atoms with Crippen molar-refractivity contribution in [2.75, 3.05) is 53.8 Å². The van der Waals surface area contributed by atoms with E-state index in [0.717, 1.165) is 14.3 Å². The van der Waals surface area contributed by atoms with E-state index >= 15 is 0 Å². The number of carbonyl (C=O) groups excluding carboxylic acids is 2. The van der Waals surface area contributed by atoms with Crippen LogP contribution in [0.25, 0.3) is 0 Å². The maximum atomic E-state index is 13.5. The van der Waals surface area contributed by atoms with Crippen molar-refractivity contribution in [1.29, 1.82) is 0 Å². The molecule has 0 aliphatic carbocycles. The molecule has 0 saturated carbocycles. The number of piperazine rings is 1. The number of hydrogen-bond acceptors (Lipinski definition) is 8. The molecule has 1 aliphatic rings. The summed E-state index contributed by atoms with van der Waals surface area (Å²) < 4.78 is 61.4. The zero-order valence-corrected chi connectivity index (χ0v) is 31.7. The summed E-state index contributed by atoms with van der Waals surface area (Å²) in [6.07, 6.45) is 0. The van der Waals surface area contributed by atoms with Gasteiger partial charge in [0.1, 0.15) is 15.5 Å². The molecule has 15 heteroatoms. The van der Waals surface area contributed by atoms with Gasteiger partial charge in [0.05, 0.1) is 27.0 Å². The molecular formula is C38H34Cl2N4O7S2. The average molecular weight is 794 g/mol. The molecule has 1 aliphatic heterocycles. The zero-order chi connectivity index (χ0) is 37.9. The summed E-state index contributed by atoms with van der Waals surface area (Å²) in [7, 11) is -5.29. The first kappa shape index (κ1) is 37.7. The van der Waals surface area contributed by atoms with Crippen molar-refractivity contribution in [2.24, 2.45) is 0 Å². The third-order valence-electron chi connectivity index (χ3n) is 8.84. The Balaban J connectivity index is 1.08. The summed E-state index contributed by atoms with van der Waals surface area (Å²) >= 11 is 12.6. The molecule has 11 nitrogen and oxygen atoms in total. The van der Waals surface area contributed by atoms with E-state index in [9.17, 15) is 26.4 Å². The molecule has 1 amide bonds. The summed E-state index contributed by atoms with van der Waals surface area (Å²) in [5.74, 6) is -0.822. The van der Waals surface area contributed by atoms with Crippen molar-refractivity contribution in [2.45, 2.75) is 9.79 Å². The van der Waals surface area contributed by atoms with Gasteiger partial charge in [0.2, 0.25) is 0 Å². The highest BCUT2D eigenvalue weighted by molar-refractivity contribution is 7.93. The number of para-hydroxylation sites is 2. The first-order valence-corrected chi connectivity index (χ1v) is 19.9. The van der Waals surface area contributed by atoms with Gasteiger partial charge in [0.15, 0.2) is 0 Å². The quantitative estimate of drug-likeness (QED) is 0.112. The van der Waals surface area contributed by atoms with Gasteiger partial charge in [-0.2, -0.15) is 0 Å². The molecule has 1 saturated heterocycles. The molecule has 53 heavy (non-hydrogen) atoms. The van der Waals surface area contributed by atoms with Crippen LogP contribution in [0.2, 0.25) is 10.0 Å². The Hall–Kier alpha value is -5.08. The molecule has 1 fully saturated rings. The van der Waals surface area contributed by atoms with Crippen LogP contribution >= 0.6 is 23.2 Å². The Morgan fingerprint density at radius 3 is 1.55 bits per heavy atom. The molecule has 6 rings (SSSR count). The number of esters is 1. The SMILES string of the molecule is CN(c1ccccc1)S(=O)(=O)c1cc(C(=O)Oc2ccc(N3CCN(C(=O)c4ccc(Cl)c(S(=O)(=O)N(C)c5ccccc5)c4)CC3)cc2)ccc1Cl. The molecule has 0 bridgehead atoms. The molecule has 1 heterocycles. The smallest absolute Gasteiger partial charge is 0.343 e. The molecule has 5 aromatic carbocycles. The van der Waals surface area contributed by atoms with Crippen LogP contribution in [-0.4, -0.2) is 73.9 Å². The topological polar surface area (TPSA) is 125 Å². The van der Waals surface area contributed by atoms with Crippen molar-refractivity contribution >= 4 is 72.2 Å².